The first-order valence-corrected chi connectivity index (χ1v) is 15.1. The highest BCUT2D eigenvalue weighted by molar-refractivity contribution is 7.92. The minimum Gasteiger partial charge on any atom is -0.497 e. The fraction of sp³-hybridized carbons (Fsp3) is 0.310. The minimum absolute atomic E-state index is 0.0702. The van der Waals surface area contributed by atoms with Crippen molar-refractivity contribution in [2.24, 2.45) is 0 Å². The Labute approximate surface area is 234 Å². The number of nitrogens with zero attached hydrogens (tertiary/aromatic N) is 3. The van der Waals surface area contributed by atoms with E-state index in [2.05, 4.69) is 36.5 Å². The summed E-state index contributed by atoms with van der Waals surface area (Å²) in [5.74, 6) is 0.234. The quantitative estimate of drug-likeness (QED) is 0.250. The summed E-state index contributed by atoms with van der Waals surface area (Å²) >= 11 is 1.46. The Balaban J connectivity index is 1.71. The largest absolute Gasteiger partial charge is 0.497 e. The number of rotatable bonds is 11. The van der Waals surface area contributed by atoms with Gasteiger partial charge in [0, 0.05) is 13.1 Å². The monoisotopic (exact) mass is 566 g/mol. The third kappa shape index (κ3) is 6.41. The molecule has 8 nitrogen and oxygen atoms in total. The lowest BCUT2D eigenvalue weighted by molar-refractivity contribution is 0.0984. The Bertz CT molecular complexity index is 1520. The molecule has 0 saturated carbocycles. The third-order valence-corrected chi connectivity index (χ3v) is 9.20. The van der Waals surface area contributed by atoms with Gasteiger partial charge >= 0.3 is 0 Å². The predicted octanol–water partition coefficient (Wildman–Crippen LogP) is 5.71. The number of thiazole rings is 1. The second kappa shape index (κ2) is 12.1. The number of carbonyl (C=O) groups excluding carboxylic acids is 1. The van der Waals surface area contributed by atoms with Gasteiger partial charge in [-0.1, -0.05) is 37.3 Å². The van der Waals surface area contributed by atoms with E-state index < -0.39 is 10.0 Å². The van der Waals surface area contributed by atoms with Gasteiger partial charge in [-0.15, -0.1) is 0 Å². The second-order valence-electron chi connectivity index (χ2n) is 9.21. The number of amides is 1. The lowest BCUT2D eigenvalue weighted by atomic mass is 10.1. The maximum Gasteiger partial charge on any atom is 0.262 e. The Morgan fingerprint density at radius 3 is 2.31 bits per heavy atom. The molecule has 206 valence electrons. The molecule has 1 amide bonds. The first kappa shape index (κ1) is 28.5. The van der Waals surface area contributed by atoms with Crippen LogP contribution in [0.2, 0.25) is 0 Å². The van der Waals surface area contributed by atoms with Crippen molar-refractivity contribution in [3.8, 4) is 5.75 Å². The van der Waals surface area contributed by atoms with Crippen LogP contribution in [0.3, 0.4) is 0 Å². The Morgan fingerprint density at radius 2 is 1.64 bits per heavy atom. The van der Waals surface area contributed by atoms with Gasteiger partial charge in [-0.05, 0) is 86.6 Å². The molecule has 0 bridgehead atoms. The molecule has 0 atom stereocenters. The standard InChI is InChI=1S/C29H34N4O4S2/c1-6-32(7-2)16-17-33(29-30-26-18-20(3)21(4)19-27(26)38-29)28(34)24-10-8-9-11-25(24)31-39(35,36)23-14-12-22(37-5)13-15-23/h8-15,18-19,31H,6-7,16-17H2,1-5H3. The van der Waals surface area contributed by atoms with Gasteiger partial charge in [-0.25, -0.2) is 13.4 Å². The number of aromatic nitrogens is 1. The molecule has 39 heavy (non-hydrogen) atoms. The highest BCUT2D eigenvalue weighted by Crippen LogP contribution is 2.33. The summed E-state index contributed by atoms with van der Waals surface area (Å²) in [5.41, 5.74) is 3.60. The highest BCUT2D eigenvalue weighted by atomic mass is 32.2. The number of para-hydroxylation sites is 1. The summed E-state index contributed by atoms with van der Waals surface area (Å²) in [6, 6.07) is 16.9. The number of likely N-dealkylation sites (N-methyl/N-ethyl adjacent to an activating group) is 1. The van der Waals surface area contributed by atoms with Crippen LogP contribution in [-0.4, -0.2) is 57.5 Å². The van der Waals surface area contributed by atoms with Gasteiger partial charge in [0.15, 0.2) is 5.13 Å². The molecular weight excluding hydrogens is 532 g/mol. The zero-order valence-corrected chi connectivity index (χ0v) is 24.5. The van der Waals surface area contributed by atoms with E-state index in [-0.39, 0.29) is 22.1 Å². The SMILES string of the molecule is CCN(CC)CCN(C(=O)c1ccccc1NS(=O)(=O)c1ccc(OC)cc1)c1nc2cc(C)c(C)cc2s1. The maximum atomic E-state index is 14.1. The molecule has 0 fully saturated rings. The van der Waals surface area contributed by atoms with Crippen molar-refractivity contribution in [3.05, 3.63) is 77.4 Å². The van der Waals surface area contributed by atoms with Gasteiger partial charge in [0.2, 0.25) is 0 Å². The number of benzene rings is 3. The van der Waals surface area contributed by atoms with Gasteiger partial charge in [-0.3, -0.25) is 14.4 Å². The molecule has 1 heterocycles. The lowest BCUT2D eigenvalue weighted by Gasteiger charge is -2.25. The van der Waals surface area contributed by atoms with Crippen LogP contribution in [0.4, 0.5) is 10.8 Å². The van der Waals surface area contributed by atoms with Crippen LogP contribution in [0.25, 0.3) is 10.2 Å². The summed E-state index contributed by atoms with van der Waals surface area (Å²) in [4.78, 5) is 22.9. The van der Waals surface area contributed by atoms with Crippen LogP contribution < -0.4 is 14.4 Å². The number of hydrogen-bond acceptors (Lipinski definition) is 7. The molecule has 3 aromatic carbocycles. The highest BCUT2D eigenvalue weighted by Gasteiger charge is 2.26. The molecule has 4 rings (SSSR count). The van der Waals surface area contributed by atoms with E-state index in [0.29, 0.717) is 24.0 Å². The van der Waals surface area contributed by atoms with Gasteiger partial charge < -0.3 is 9.64 Å². The summed E-state index contributed by atoms with van der Waals surface area (Å²) in [7, 11) is -2.43. The normalized spacial score (nSPS) is 11.6. The molecule has 0 aliphatic carbocycles. The molecule has 0 aliphatic heterocycles. The zero-order valence-electron chi connectivity index (χ0n) is 22.9. The number of methoxy groups -OCH3 is 1. The molecule has 0 radical (unpaired) electrons. The van der Waals surface area contributed by atoms with Crippen LogP contribution in [0.5, 0.6) is 5.75 Å². The van der Waals surface area contributed by atoms with Crippen LogP contribution >= 0.6 is 11.3 Å². The molecule has 10 heteroatoms. The van der Waals surface area contributed by atoms with E-state index in [4.69, 9.17) is 9.72 Å². The Morgan fingerprint density at radius 1 is 0.974 bits per heavy atom. The number of hydrogen-bond donors (Lipinski definition) is 1. The predicted molar refractivity (Wildman–Crippen MR) is 159 cm³/mol. The first-order valence-electron chi connectivity index (χ1n) is 12.8. The molecule has 0 saturated heterocycles. The summed E-state index contributed by atoms with van der Waals surface area (Å²) in [6.45, 7) is 11.1. The number of carbonyl (C=O) groups is 1. The maximum absolute atomic E-state index is 14.1. The lowest BCUT2D eigenvalue weighted by Crippen LogP contribution is -2.39. The van der Waals surface area contributed by atoms with Gasteiger partial charge in [0.1, 0.15) is 5.75 Å². The molecular formula is C29H34N4O4S2. The number of nitrogens with one attached hydrogen (secondary N) is 1. The molecule has 0 spiro atoms. The Hall–Kier alpha value is -3.47. The topological polar surface area (TPSA) is 91.8 Å². The van der Waals surface area contributed by atoms with Gasteiger partial charge in [0.05, 0.1) is 33.5 Å². The van der Waals surface area contributed by atoms with Crippen LogP contribution in [0.15, 0.2) is 65.6 Å². The molecule has 0 unspecified atom stereocenters. The molecule has 1 aromatic heterocycles. The summed E-state index contributed by atoms with van der Waals surface area (Å²) < 4.78 is 35.1. The molecule has 4 aromatic rings. The second-order valence-corrected chi connectivity index (χ2v) is 11.9. The van der Waals surface area contributed by atoms with Crippen LogP contribution in [-0.2, 0) is 10.0 Å². The minimum atomic E-state index is -3.95. The smallest absolute Gasteiger partial charge is 0.262 e. The van der Waals surface area contributed by atoms with E-state index in [0.717, 1.165) is 34.4 Å². The van der Waals surface area contributed by atoms with E-state index in [1.165, 1.54) is 30.6 Å². The Kier molecular flexibility index (Phi) is 8.89. The average Bonchev–Trinajstić information content (AvgIpc) is 3.33. The number of sulfonamides is 1. The van der Waals surface area contributed by atoms with Crippen molar-refractivity contribution in [2.45, 2.75) is 32.6 Å². The zero-order chi connectivity index (χ0) is 28.2. The van der Waals surface area contributed by atoms with E-state index >= 15 is 0 Å². The number of ether oxygens (including phenoxy) is 1. The van der Waals surface area contributed by atoms with Gasteiger partial charge in [0.25, 0.3) is 15.9 Å². The van der Waals surface area contributed by atoms with E-state index in [1.807, 2.05) is 13.0 Å². The third-order valence-electron chi connectivity index (χ3n) is 6.77. The van der Waals surface area contributed by atoms with Crippen molar-refractivity contribution in [2.75, 3.05) is 42.9 Å². The van der Waals surface area contributed by atoms with Crippen LogP contribution in [0, 0.1) is 13.8 Å². The fourth-order valence-electron chi connectivity index (χ4n) is 4.21. The number of fused-ring (bicyclic) bond motifs is 1. The van der Waals surface area contributed by atoms with Gasteiger partial charge in [-0.2, -0.15) is 0 Å². The van der Waals surface area contributed by atoms with Crippen molar-refractivity contribution in [3.63, 3.8) is 0 Å². The van der Waals surface area contributed by atoms with E-state index in [9.17, 15) is 13.2 Å². The van der Waals surface area contributed by atoms with E-state index in [1.54, 1.807) is 41.3 Å². The molecule has 0 aliphatic rings. The summed E-state index contributed by atoms with van der Waals surface area (Å²) in [5, 5.41) is 0.583. The van der Waals surface area contributed by atoms with Crippen molar-refractivity contribution >= 4 is 48.3 Å². The fourth-order valence-corrected chi connectivity index (χ4v) is 6.36. The molecule has 1 N–H and O–H groups in total. The number of anilines is 2. The number of aryl methyl sites for hydroxylation is 2. The first-order chi connectivity index (χ1) is 18.7. The van der Waals surface area contributed by atoms with Crippen molar-refractivity contribution in [1.82, 2.24) is 9.88 Å². The van der Waals surface area contributed by atoms with Crippen LogP contribution in [0.1, 0.15) is 35.3 Å². The van der Waals surface area contributed by atoms with Crippen molar-refractivity contribution in [1.29, 1.82) is 0 Å². The van der Waals surface area contributed by atoms with Crippen molar-refractivity contribution < 1.29 is 17.9 Å². The summed E-state index contributed by atoms with van der Waals surface area (Å²) in [6.07, 6.45) is 0. The average molecular weight is 567 g/mol.